The topological polar surface area (TPSA) is 74.0 Å². The number of benzene rings is 3. The molecule has 0 radical (unpaired) electrons. The highest BCUT2D eigenvalue weighted by Gasteiger charge is 2.20. The number of H-pyrrole nitrogens is 1. The molecule has 5 nitrogen and oxygen atoms in total. The van der Waals surface area contributed by atoms with Crippen LogP contribution in [-0.2, 0) is 12.8 Å². The Hall–Kier alpha value is -4.12. The number of carbonyl (C=O) groups excluding carboxylic acids is 1. The molecule has 1 aromatic heterocycles. The first-order chi connectivity index (χ1) is 16.7. The van der Waals surface area contributed by atoms with E-state index in [0.29, 0.717) is 24.1 Å². The molecule has 2 heterocycles. The summed E-state index contributed by atoms with van der Waals surface area (Å²) in [6, 6.07) is 28.3. The van der Waals surface area contributed by atoms with Crippen LogP contribution in [0, 0.1) is 0 Å². The van der Waals surface area contributed by atoms with Crippen LogP contribution in [0.15, 0.2) is 95.9 Å². The van der Waals surface area contributed by atoms with Gasteiger partial charge in [0.05, 0.1) is 0 Å². The fourth-order valence-corrected chi connectivity index (χ4v) is 4.73. The van der Waals surface area contributed by atoms with Gasteiger partial charge in [0.15, 0.2) is 0 Å². The monoisotopic (exact) mass is 449 g/mol. The van der Waals surface area contributed by atoms with Gasteiger partial charge in [-0.2, -0.15) is 0 Å². The van der Waals surface area contributed by atoms with Crippen LogP contribution >= 0.6 is 0 Å². The summed E-state index contributed by atoms with van der Waals surface area (Å²) in [6.45, 7) is 1.25. The van der Waals surface area contributed by atoms with E-state index in [-0.39, 0.29) is 17.4 Å². The number of fused-ring (bicyclic) bond motifs is 1. The Morgan fingerprint density at radius 3 is 2.29 bits per heavy atom. The molecule has 5 heteroatoms. The molecule has 0 atom stereocenters. The minimum atomic E-state index is -0.123. The van der Waals surface area contributed by atoms with Crippen molar-refractivity contribution in [3.05, 3.63) is 135 Å². The van der Waals surface area contributed by atoms with Gasteiger partial charge in [0.25, 0.3) is 11.5 Å². The van der Waals surface area contributed by atoms with Gasteiger partial charge in [0, 0.05) is 42.0 Å². The fourth-order valence-electron chi connectivity index (χ4n) is 4.73. The molecule has 3 aromatic carbocycles. The summed E-state index contributed by atoms with van der Waals surface area (Å²) in [4.78, 5) is 28.3. The second kappa shape index (κ2) is 9.79. The normalized spacial score (nSPS) is 12.3. The first kappa shape index (κ1) is 21.7. The molecule has 1 aliphatic rings. The van der Waals surface area contributed by atoms with E-state index in [9.17, 15) is 9.59 Å². The van der Waals surface area contributed by atoms with E-state index in [0.717, 1.165) is 40.9 Å². The second-order valence-corrected chi connectivity index (χ2v) is 8.56. The quantitative estimate of drug-likeness (QED) is 0.389. The van der Waals surface area contributed by atoms with E-state index >= 15 is 0 Å². The predicted molar refractivity (Wildman–Crippen MR) is 136 cm³/mol. The zero-order valence-corrected chi connectivity index (χ0v) is 18.9. The van der Waals surface area contributed by atoms with Crippen LogP contribution < -0.4 is 16.2 Å². The average Bonchev–Trinajstić information content (AvgIpc) is 3.36. The largest absolute Gasteiger partial charge is 0.384 e. The number of aromatic amines is 1. The van der Waals surface area contributed by atoms with Crippen molar-refractivity contribution in [3.8, 4) is 0 Å². The lowest BCUT2D eigenvalue weighted by Gasteiger charge is -2.19. The van der Waals surface area contributed by atoms with E-state index in [1.165, 1.54) is 0 Å². The Balaban J connectivity index is 1.36. The van der Waals surface area contributed by atoms with Gasteiger partial charge in [0.2, 0.25) is 0 Å². The van der Waals surface area contributed by atoms with Crippen molar-refractivity contribution >= 4 is 11.6 Å². The van der Waals surface area contributed by atoms with Crippen molar-refractivity contribution in [2.45, 2.75) is 18.8 Å². The molecule has 0 bridgehead atoms. The van der Waals surface area contributed by atoms with Crippen molar-refractivity contribution in [2.75, 3.05) is 18.4 Å². The van der Waals surface area contributed by atoms with Gasteiger partial charge in [-0.15, -0.1) is 0 Å². The third-order valence-corrected chi connectivity index (χ3v) is 6.39. The van der Waals surface area contributed by atoms with Crippen LogP contribution in [0.2, 0.25) is 0 Å². The highest BCUT2D eigenvalue weighted by Crippen LogP contribution is 2.31. The molecule has 0 saturated heterocycles. The lowest BCUT2D eigenvalue weighted by molar-refractivity contribution is 0.0953. The molecule has 3 N–H and O–H groups in total. The van der Waals surface area contributed by atoms with Crippen LogP contribution in [0.5, 0.6) is 0 Å². The van der Waals surface area contributed by atoms with Gasteiger partial charge in [0.1, 0.15) is 0 Å². The Labute approximate surface area is 198 Å². The molecule has 5 rings (SSSR count). The maximum atomic E-state index is 12.8. The minimum Gasteiger partial charge on any atom is -0.384 e. The van der Waals surface area contributed by atoms with Gasteiger partial charge in [-0.1, -0.05) is 66.7 Å². The van der Waals surface area contributed by atoms with Gasteiger partial charge in [-0.25, -0.2) is 0 Å². The number of nitrogens with one attached hydrogen (secondary N) is 3. The van der Waals surface area contributed by atoms with Crippen molar-refractivity contribution in [1.82, 2.24) is 10.3 Å². The van der Waals surface area contributed by atoms with Crippen molar-refractivity contribution in [3.63, 3.8) is 0 Å². The minimum absolute atomic E-state index is 0.00648. The van der Waals surface area contributed by atoms with E-state index < -0.39 is 0 Å². The number of carbonyl (C=O) groups is 1. The molecule has 170 valence electrons. The molecule has 0 spiro atoms. The molecule has 1 amide bonds. The highest BCUT2D eigenvalue weighted by atomic mass is 16.1. The van der Waals surface area contributed by atoms with Crippen LogP contribution in [0.1, 0.15) is 44.1 Å². The first-order valence-electron chi connectivity index (χ1n) is 11.7. The Kier molecular flexibility index (Phi) is 6.25. The Bertz CT molecular complexity index is 1310. The third kappa shape index (κ3) is 4.50. The molecule has 0 saturated carbocycles. The zero-order chi connectivity index (χ0) is 23.3. The molecular formula is C29H27N3O2. The van der Waals surface area contributed by atoms with Crippen molar-refractivity contribution in [2.24, 2.45) is 0 Å². The molecule has 4 aromatic rings. The number of anilines is 1. The zero-order valence-electron chi connectivity index (χ0n) is 18.9. The van der Waals surface area contributed by atoms with E-state index in [4.69, 9.17) is 0 Å². The number of amides is 1. The summed E-state index contributed by atoms with van der Waals surface area (Å²) >= 11 is 0. The number of pyridine rings is 1. The molecule has 1 aliphatic heterocycles. The van der Waals surface area contributed by atoms with Gasteiger partial charge in [-0.05, 0) is 53.3 Å². The van der Waals surface area contributed by atoms with Gasteiger partial charge in [-0.3, -0.25) is 9.59 Å². The molecule has 0 fully saturated rings. The Morgan fingerprint density at radius 2 is 1.59 bits per heavy atom. The maximum absolute atomic E-state index is 12.8. The lowest BCUT2D eigenvalue weighted by atomic mass is 9.85. The molecule has 0 unspecified atom stereocenters. The lowest BCUT2D eigenvalue weighted by Crippen LogP contribution is -2.28. The molecular weight excluding hydrogens is 422 g/mol. The fraction of sp³-hybridized carbons (Fsp3) is 0.172. The first-order valence-corrected chi connectivity index (χ1v) is 11.7. The van der Waals surface area contributed by atoms with Crippen LogP contribution in [0.3, 0.4) is 0 Å². The number of hydrogen-bond acceptors (Lipinski definition) is 3. The average molecular weight is 450 g/mol. The predicted octanol–water partition coefficient (Wildman–Crippen LogP) is 4.50. The molecule has 0 aliphatic carbocycles. The van der Waals surface area contributed by atoms with E-state index in [1.54, 1.807) is 6.20 Å². The SMILES string of the molecule is O=C(NCCc1cc(C(c2ccccc2)c2ccccc2)c[nH]c1=O)c1cccc2c1CCN2. The standard InChI is InChI=1S/C29H27N3O2/c33-28-22(14-16-31-29(34)25-12-7-13-26-24(25)15-17-30-26)18-23(19-32-28)27(20-8-3-1-4-9-20)21-10-5-2-6-11-21/h1-13,18-19,27,30H,14-17H2,(H,31,34)(H,32,33). The summed E-state index contributed by atoms with van der Waals surface area (Å²) in [5.41, 5.74) is 6.68. The maximum Gasteiger partial charge on any atom is 0.251 e. The summed E-state index contributed by atoms with van der Waals surface area (Å²) in [6.07, 6.45) is 3.11. The van der Waals surface area contributed by atoms with E-state index in [2.05, 4.69) is 39.9 Å². The summed E-state index contributed by atoms with van der Waals surface area (Å²) < 4.78 is 0. The molecule has 34 heavy (non-hydrogen) atoms. The van der Waals surface area contributed by atoms with Gasteiger partial charge >= 0.3 is 0 Å². The summed E-state index contributed by atoms with van der Waals surface area (Å²) in [7, 11) is 0. The van der Waals surface area contributed by atoms with E-state index in [1.807, 2.05) is 60.7 Å². The number of rotatable bonds is 7. The van der Waals surface area contributed by atoms with Crippen LogP contribution in [-0.4, -0.2) is 24.0 Å². The summed E-state index contributed by atoms with van der Waals surface area (Å²) in [5.74, 6) is -0.0911. The van der Waals surface area contributed by atoms with Crippen LogP contribution in [0.25, 0.3) is 0 Å². The van der Waals surface area contributed by atoms with Gasteiger partial charge < -0.3 is 15.6 Å². The Morgan fingerprint density at radius 1 is 0.882 bits per heavy atom. The third-order valence-electron chi connectivity index (χ3n) is 6.39. The second-order valence-electron chi connectivity index (χ2n) is 8.56. The van der Waals surface area contributed by atoms with Crippen molar-refractivity contribution < 1.29 is 4.79 Å². The van der Waals surface area contributed by atoms with Crippen LogP contribution in [0.4, 0.5) is 5.69 Å². The van der Waals surface area contributed by atoms with Crippen molar-refractivity contribution in [1.29, 1.82) is 0 Å². The smallest absolute Gasteiger partial charge is 0.251 e. The number of aromatic nitrogens is 1. The number of hydrogen-bond donors (Lipinski definition) is 3. The summed E-state index contributed by atoms with van der Waals surface area (Å²) in [5, 5.41) is 6.30. The highest BCUT2D eigenvalue weighted by molar-refractivity contribution is 5.97.